The monoisotopic (exact) mass is 376 g/mol. The average molecular weight is 377 g/mol. The number of anilines is 1. The number of likely N-dealkylation sites (tertiary alicyclic amines) is 1. The Bertz CT molecular complexity index is 955. The summed E-state index contributed by atoms with van der Waals surface area (Å²) >= 11 is 0. The number of aromatic nitrogens is 2. The van der Waals surface area contributed by atoms with Crippen molar-refractivity contribution in [2.75, 3.05) is 18.4 Å². The van der Waals surface area contributed by atoms with E-state index < -0.39 is 0 Å². The van der Waals surface area contributed by atoms with Gasteiger partial charge in [0.2, 0.25) is 0 Å². The first-order valence-corrected chi connectivity index (χ1v) is 10.2. The molecule has 1 aromatic heterocycles. The smallest absolute Gasteiger partial charge is 0.255 e. The second kappa shape index (κ2) is 8.15. The van der Waals surface area contributed by atoms with E-state index in [0.29, 0.717) is 11.6 Å². The number of amides is 1. The molecule has 0 unspecified atom stereocenters. The van der Waals surface area contributed by atoms with Crippen molar-refractivity contribution in [2.24, 2.45) is 0 Å². The molecule has 1 N–H and O–H groups in total. The first kappa shape index (κ1) is 18.7. The first-order chi connectivity index (χ1) is 13.6. The van der Waals surface area contributed by atoms with Gasteiger partial charge in [0, 0.05) is 17.3 Å². The molecule has 146 valence electrons. The Balaban J connectivity index is 1.61. The predicted molar refractivity (Wildman–Crippen MR) is 114 cm³/mol. The van der Waals surface area contributed by atoms with Crippen molar-refractivity contribution < 1.29 is 4.79 Å². The van der Waals surface area contributed by atoms with E-state index in [4.69, 9.17) is 4.98 Å². The van der Waals surface area contributed by atoms with Crippen LogP contribution in [0.1, 0.15) is 55.3 Å². The van der Waals surface area contributed by atoms with Gasteiger partial charge in [-0.3, -0.25) is 9.69 Å². The van der Waals surface area contributed by atoms with Crippen LogP contribution >= 0.6 is 0 Å². The summed E-state index contributed by atoms with van der Waals surface area (Å²) in [5.74, 6) is 1.01. The molecule has 1 amide bonds. The highest BCUT2D eigenvalue weighted by Crippen LogP contribution is 2.26. The topological polar surface area (TPSA) is 50.2 Å². The van der Waals surface area contributed by atoms with Crippen LogP contribution in [0.4, 0.5) is 5.69 Å². The van der Waals surface area contributed by atoms with E-state index in [9.17, 15) is 4.79 Å². The highest BCUT2D eigenvalue weighted by Gasteiger charge is 2.18. The lowest BCUT2D eigenvalue weighted by Gasteiger charge is -2.26. The van der Waals surface area contributed by atoms with Crippen LogP contribution < -0.4 is 5.32 Å². The standard InChI is InChI=1S/C23H28N4O/c1-17(2)27-21-12-11-19(24-23(28)18-9-5-3-6-10-18)15-20(21)25-22(27)16-26-13-7-4-8-14-26/h3,5-6,9-12,15,17H,4,7-8,13-14,16H2,1-2H3,(H,24,28). The van der Waals surface area contributed by atoms with Gasteiger partial charge in [0.1, 0.15) is 5.82 Å². The molecule has 0 atom stereocenters. The Morgan fingerprint density at radius 2 is 1.82 bits per heavy atom. The summed E-state index contributed by atoms with van der Waals surface area (Å²) in [4.78, 5) is 19.9. The summed E-state index contributed by atoms with van der Waals surface area (Å²) in [6.45, 7) is 7.59. The number of nitrogens with one attached hydrogen (secondary N) is 1. The molecule has 1 aliphatic rings. The van der Waals surface area contributed by atoms with Crippen molar-refractivity contribution in [1.29, 1.82) is 0 Å². The molecule has 1 aliphatic heterocycles. The number of benzene rings is 2. The van der Waals surface area contributed by atoms with Crippen LogP contribution in [-0.2, 0) is 6.54 Å². The van der Waals surface area contributed by atoms with Gasteiger partial charge in [0.15, 0.2) is 0 Å². The predicted octanol–water partition coefficient (Wildman–Crippen LogP) is 4.86. The maximum Gasteiger partial charge on any atom is 0.255 e. The Kier molecular flexibility index (Phi) is 5.44. The fraction of sp³-hybridized carbons (Fsp3) is 0.391. The molecule has 1 fully saturated rings. The summed E-state index contributed by atoms with van der Waals surface area (Å²) in [6, 6.07) is 15.6. The number of rotatable bonds is 5. The molecule has 1 saturated heterocycles. The molecule has 0 radical (unpaired) electrons. The average Bonchev–Trinajstić information content (AvgIpc) is 3.06. The van der Waals surface area contributed by atoms with Gasteiger partial charge in [0.05, 0.1) is 17.6 Å². The van der Waals surface area contributed by atoms with E-state index >= 15 is 0 Å². The largest absolute Gasteiger partial charge is 0.324 e. The third-order valence-electron chi connectivity index (χ3n) is 5.39. The Morgan fingerprint density at radius 3 is 2.54 bits per heavy atom. The zero-order valence-electron chi connectivity index (χ0n) is 16.7. The van der Waals surface area contributed by atoms with Gasteiger partial charge in [0.25, 0.3) is 5.91 Å². The van der Waals surface area contributed by atoms with E-state index in [0.717, 1.165) is 42.2 Å². The van der Waals surface area contributed by atoms with Crippen LogP contribution in [0.3, 0.4) is 0 Å². The van der Waals surface area contributed by atoms with Crippen LogP contribution in [0.2, 0.25) is 0 Å². The lowest BCUT2D eigenvalue weighted by molar-refractivity contribution is 0.102. The van der Waals surface area contributed by atoms with Gasteiger partial charge < -0.3 is 9.88 Å². The van der Waals surface area contributed by atoms with Gasteiger partial charge in [-0.15, -0.1) is 0 Å². The summed E-state index contributed by atoms with van der Waals surface area (Å²) in [6.07, 6.45) is 3.89. The minimum atomic E-state index is -0.100. The lowest BCUT2D eigenvalue weighted by atomic mass is 10.1. The highest BCUT2D eigenvalue weighted by molar-refractivity contribution is 6.04. The normalized spacial score (nSPS) is 15.2. The van der Waals surface area contributed by atoms with E-state index in [2.05, 4.69) is 34.7 Å². The van der Waals surface area contributed by atoms with Gasteiger partial charge in [-0.25, -0.2) is 4.98 Å². The summed E-state index contributed by atoms with van der Waals surface area (Å²) in [7, 11) is 0. The number of carbonyl (C=O) groups is 1. The number of hydrogen-bond donors (Lipinski definition) is 1. The fourth-order valence-electron chi connectivity index (χ4n) is 4.02. The lowest BCUT2D eigenvalue weighted by Crippen LogP contribution is -2.30. The van der Waals surface area contributed by atoms with Gasteiger partial charge in [-0.2, -0.15) is 0 Å². The third kappa shape index (κ3) is 3.94. The SMILES string of the molecule is CC(C)n1c(CN2CCCCC2)nc2cc(NC(=O)c3ccccc3)ccc21. The minimum absolute atomic E-state index is 0.100. The van der Waals surface area contributed by atoms with Crippen LogP contribution in [0.25, 0.3) is 11.0 Å². The quantitative estimate of drug-likeness (QED) is 0.692. The molecule has 28 heavy (non-hydrogen) atoms. The molecular weight excluding hydrogens is 348 g/mol. The van der Waals surface area contributed by atoms with Crippen LogP contribution in [0.15, 0.2) is 48.5 Å². The summed E-state index contributed by atoms with van der Waals surface area (Å²) in [5.41, 5.74) is 3.49. The van der Waals surface area contributed by atoms with Gasteiger partial charge in [-0.05, 0) is 70.1 Å². The number of fused-ring (bicyclic) bond motifs is 1. The first-order valence-electron chi connectivity index (χ1n) is 10.2. The number of imidazole rings is 1. The van der Waals surface area contributed by atoms with Crippen molar-refractivity contribution in [3.63, 3.8) is 0 Å². The molecule has 0 aliphatic carbocycles. The van der Waals surface area contributed by atoms with E-state index in [1.165, 1.54) is 19.3 Å². The van der Waals surface area contributed by atoms with Crippen molar-refractivity contribution in [3.05, 3.63) is 59.9 Å². The number of carbonyl (C=O) groups excluding carboxylic acids is 1. The number of hydrogen-bond acceptors (Lipinski definition) is 3. The molecule has 5 nitrogen and oxygen atoms in total. The van der Waals surface area contributed by atoms with E-state index in [1.54, 1.807) is 0 Å². The highest BCUT2D eigenvalue weighted by atomic mass is 16.1. The molecule has 0 bridgehead atoms. The zero-order valence-corrected chi connectivity index (χ0v) is 16.7. The van der Waals surface area contributed by atoms with Crippen molar-refractivity contribution >= 4 is 22.6 Å². The molecule has 3 aromatic rings. The minimum Gasteiger partial charge on any atom is -0.324 e. The van der Waals surface area contributed by atoms with Crippen molar-refractivity contribution in [1.82, 2.24) is 14.5 Å². The molecule has 2 aromatic carbocycles. The van der Waals surface area contributed by atoms with E-state index in [1.807, 2.05) is 42.5 Å². The zero-order chi connectivity index (χ0) is 19.5. The maximum absolute atomic E-state index is 12.4. The van der Waals surface area contributed by atoms with E-state index in [-0.39, 0.29) is 5.91 Å². The molecule has 4 rings (SSSR count). The maximum atomic E-state index is 12.4. The van der Waals surface area contributed by atoms with Crippen LogP contribution in [0, 0.1) is 0 Å². The molecule has 0 saturated carbocycles. The molecule has 5 heteroatoms. The Labute approximate surface area is 166 Å². The van der Waals surface area contributed by atoms with Crippen LogP contribution in [-0.4, -0.2) is 33.4 Å². The third-order valence-corrected chi connectivity index (χ3v) is 5.39. The molecule has 0 spiro atoms. The summed E-state index contributed by atoms with van der Waals surface area (Å²) < 4.78 is 2.33. The van der Waals surface area contributed by atoms with Crippen molar-refractivity contribution in [3.8, 4) is 0 Å². The fourth-order valence-corrected chi connectivity index (χ4v) is 4.02. The van der Waals surface area contributed by atoms with Crippen molar-refractivity contribution in [2.45, 2.75) is 45.7 Å². The summed E-state index contributed by atoms with van der Waals surface area (Å²) in [5, 5.41) is 2.99. The number of nitrogens with zero attached hydrogens (tertiary/aromatic N) is 3. The number of piperidine rings is 1. The Hall–Kier alpha value is -2.66. The second-order valence-corrected chi connectivity index (χ2v) is 7.85. The second-order valence-electron chi connectivity index (χ2n) is 7.85. The van der Waals surface area contributed by atoms with Crippen LogP contribution in [0.5, 0.6) is 0 Å². The van der Waals surface area contributed by atoms with Gasteiger partial charge >= 0.3 is 0 Å². The Morgan fingerprint density at radius 1 is 1.07 bits per heavy atom. The molecular formula is C23H28N4O. The molecule has 2 heterocycles. The van der Waals surface area contributed by atoms with Gasteiger partial charge in [-0.1, -0.05) is 24.6 Å².